The smallest absolute Gasteiger partial charge is 0.251 e. The highest BCUT2D eigenvalue weighted by Crippen LogP contribution is 2.31. The Balaban J connectivity index is 1.80. The third-order valence-corrected chi connectivity index (χ3v) is 3.91. The average molecular weight is 293 g/mol. The van der Waals surface area contributed by atoms with Crippen molar-refractivity contribution in [3.05, 3.63) is 47.7 Å². The van der Waals surface area contributed by atoms with Crippen LogP contribution in [0.2, 0.25) is 0 Å². The van der Waals surface area contributed by atoms with Crippen molar-refractivity contribution in [2.24, 2.45) is 0 Å². The third kappa shape index (κ3) is 1.94. The van der Waals surface area contributed by atoms with Crippen LogP contribution in [-0.2, 0) is 6.54 Å². The first kappa shape index (κ1) is 12.9. The van der Waals surface area contributed by atoms with Crippen LogP contribution in [-0.4, -0.2) is 22.5 Å². The van der Waals surface area contributed by atoms with Crippen LogP contribution in [0.15, 0.2) is 36.5 Å². The van der Waals surface area contributed by atoms with Crippen molar-refractivity contribution in [3.63, 3.8) is 0 Å². The Kier molecular flexibility index (Phi) is 2.85. The molecule has 0 unspecified atom stereocenters. The van der Waals surface area contributed by atoms with Gasteiger partial charge < -0.3 is 15.0 Å². The van der Waals surface area contributed by atoms with Crippen LogP contribution in [0.25, 0.3) is 22.2 Å². The van der Waals surface area contributed by atoms with E-state index in [2.05, 4.69) is 21.4 Å². The number of hydrogen-bond donors (Lipinski definition) is 2. The number of nitrogens with zero attached hydrogens (tertiary/aromatic N) is 1. The van der Waals surface area contributed by atoms with Gasteiger partial charge in [-0.1, -0.05) is 6.07 Å². The molecule has 3 heterocycles. The van der Waals surface area contributed by atoms with E-state index in [0.29, 0.717) is 19.0 Å². The van der Waals surface area contributed by atoms with E-state index in [1.54, 1.807) is 0 Å². The lowest BCUT2D eigenvalue weighted by molar-refractivity contribution is 0.0966. The van der Waals surface area contributed by atoms with Crippen LogP contribution in [0, 0.1) is 0 Å². The van der Waals surface area contributed by atoms with E-state index in [9.17, 15) is 4.79 Å². The van der Waals surface area contributed by atoms with E-state index in [0.717, 1.165) is 33.3 Å². The van der Waals surface area contributed by atoms with Gasteiger partial charge in [-0.05, 0) is 36.2 Å². The second-order valence-electron chi connectivity index (χ2n) is 5.24. The van der Waals surface area contributed by atoms with Crippen molar-refractivity contribution < 1.29 is 9.53 Å². The maximum Gasteiger partial charge on any atom is 0.251 e. The number of benzene rings is 1. The molecule has 0 fully saturated rings. The summed E-state index contributed by atoms with van der Waals surface area (Å²) < 4.78 is 5.42. The predicted molar refractivity (Wildman–Crippen MR) is 83.9 cm³/mol. The number of aromatic nitrogens is 2. The summed E-state index contributed by atoms with van der Waals surface area (Å²) in [6, 6.07) is 9.81. The SMILES string of the molecule is CCOc1ccc2c(-c3ccc4c(c3)CNC4=O)c[nH]c2n1. The van der Waals surface area contributed by atoms with Crippen LogP contribution >= 0.6 is 0 Å². The number of aromatic amines is 1. The second kappa shape index (κ2) is 4.87. The molecule has 2 N–H and O–H groups in total. The number of pyridine rings is 1. The van der Waals surface area contributed by atoms with Crippen molar-refractivity contribution in [2.45, 2.75) is 13.5 Å². The highest BCUT2D eigenvalue weighted by atomic mass is 16.5. The number of amides is 1. The van der Waals surface area contributed by atoms with E-state index in [1.165, 1.54) is 0 Å². The van der Waals surface area contributed by atoms with E-state index in [4.69, 9.17) is 4.74 Å². The molecule has 0 spiro atoms. The first-order valence-electron chi connectivity index (χ1n) is 7.28. The number of carbonyl (C=O) groups excluding carboxylic acids is 1. The summed E-state index contributed by atoms with van der Waals surface area (Å²) in [5.74, 6) is 0.621. The zero-order valence-corrected chi connectivity index (χ0v) is 12.1. The molecule has 0 atom stereocenters. The maximum atomic E-state index is 11.6. The minimum atomic E-state index is 0.00324. The Morgan fingerprint density at radius 1 is 1.23 bits per heavy atom. The summed E-state index contributed by atoms with van der Waals surface area (Å²) in [6.07, 6.45) is 1.94. The zero-order chi connectivity index (χ0) is 15.1. The average Bonchev–Trinajstić information content (AvgIpc) is 3.11. The van der Waals surface area contributed by atoms with Gasteiger partial charge in [-0.3, -0.25) is 4.79 Å². The minimum absolute atomic E-state index is 0.00324. The monoisotopic (exact) mass is 293 g/mol. The summed E-state index contributed by atoms with van der Waals surface area (Å²) in [6.45, 7) is 3.13. The van der Waals surface area contributed by atoms with Gasteiger partial charge >= 0.3 is 0 Å². The molecule has 0 radical (unpaired) electrons. The van der Waals surface area contributed by atoms with Crippen LogP contribution < -0.4 is 10.1 Å². The number of rotatable bonds is 3. The Bertz CT molecular complexity index is 883. The largest absolute Gasteiger partial charge is 0.478 e. The number of ether oxygens (including phenoxy) is 1. The molecule has 1 amide bonds. The molecule has 3 aromatic rings. The molecule has 2 aromatic heterocycles. The Morgan fingerprint density at radius 2 is 2.14 bits per heavy atom. The van der Waals surface area contributed by atoms with Gasteiger partial charge in [0.25, 0.3) is 5.91 Å². The lowest BCUT2D eigenvalue weighted by Gasteiger charge is -2.04. The Morgan fingerprint density at radius 3 is 3.00 bits per heavy atom. The molecule has 1 aliphatic heterocycles. The fraction of sp³-hybridized carbons (Fsp3) is 0.176. The zero-order valence-electron chi connectivity index (χ0n) is 12.1. The number of H-pyrrole nitrogens is 1. The fourth-order valence-electron chi connectivity index (χ4n) is 2.85. The first-order chi connectivity index (χ1) is 10.8. The van der Waals surface area contributed by atoms with Gasteiger partial charge in [-0.15, -0.1) is 0 Å². The molecule has 22 heavy (non-hydrogen) atoms. The van der Waals surface area contributed by atoms with E-state index < -0.39 is 0 Å². The molecule has 1 aromatic carbocycles. The van der Waals surface area contributed by atoms with Crippen LogP contribution in [0.5, 0.6) is 5.88 Å². The number of fused-ring (bicyclic) bond motifs is 2. The van der Waals surface area contributed by atoms with E-state index >= 15 is 0 Å². The van der Waals surface area contributed by atoms with Crippen molar-refractivity contribution in [1.82, 2.24) is 15.3 Å². The van der Waals surface area contributed by atoms with Crippen molar-refractivity contribution in [2.75, 3.05) is 6.61 Å². The summed E-state index contributed by atoms with van der Waals surface area (Å²) in [5.41, 5.74) is 4.76. The molecular formula is C17H15N3O2. The molecule has 0 bridgehead atoms. The van der Waals surface area contributed by atoms with Crippen LogP contribution in [0.3, 0.4) is 0 Å². The number of nitrogens with one attached hydrogen (secondary N) is 2. The molecular weight excluding hydrogens is 278 g/mol. The molecule has 0 saturated heterocycles. The maximum absolute atomic E-state index is 11.6. The van der Waals surface area contributed by atoms with Gasteiger partial charge in [0.2, 0.25) is 5.88 Å². The summed E-state index contributed by atoms with van der Waals surface area (Å²) in [4.78, 5) is 19.3. The van der Waals surface area contributed by atoms with Gasteiger partial charge in [0.1, 0.15) is 5.65 Å². The van der Waals surface area contributed by atoms with Gasteiger partial charge in [-0.25, -0.2) is 0 Å². The molecule has 5 nitrogen and oxygen atoms in total. The molecule has 0 saturated carbocycles. The minimum Gasteiger partial charge on any atom is -0.478 e. The lowest BCUT2D eigenvalue weighted by atomic mass is 10.0. The second-order valence-corrected chi connectivity index (χ2v) is 5.24. The highest BCUT2D eigenvalue weighted by molar-refractivity contribution is 6.00. The molecule has 0 aliphatic carbocycles. The van der Waals surface area contributed by atoms with Gasteiger partial charge in [0, 0.05) is 35.3 Å². The van der Waals surface area contributed by atoms with Crippen molar-refractivity contribution in [3.8, 4) is 17.0 Å². The van der Waals surface area contributed by atoms with Gasteiger partial charge in [-0.2, -0.15) is 4.98 Å². The van der Waals surface area contributed by atoms with Crippen LogP contribution in [0.1, 0.15) is 22.8 Å². The normalized spacial score (nSPS) is 13.2. The summed E-state index contributed by atoms with van der Waals surface area (Å²) in [7, 11) is 0. The Labute approximate surface area is 127 Å². The van der Waals surface area contributed by atoms with Crippen molar-refractivity contribution >= 4 is 16.9 Å². The standard InChI is InChI=1S/C17H15N3O2/c1-2-22-15-6-5-13-14(9-18-16(13)20-15)10-3-4-12-11(7-10)8-19-17(12)21/h3-7,9H,2,8H2,1H3,(H,18,20)(H,19,21). The molecule has 1 aliphatic rings. The van der Waals surface area contributed by atoms with Gasteiger partial charge in [0.15, 0.2) is 0 Å². The molecule has 4 rings (SSSR count). The van der Waals surface area contributed by atoms with Crippen LogP contribution in [0.4, 0.5) is 0 Å². The quantitative estimate of drug-likeness (QED) is 0.780. The summed E-state index contributed by atoms with van der Waals surface area (Å²) >= 11 is 0. The van der Waals surface area contributed by atoms with Crippen molar-refractivity contribution in [1.29, 1.82) is 0 Å². The predicted octanol–water partition coefficient (Wildman–Crippen LogP) is 2.87. The van der Waals surface area contributed by atoms with Gasteiger partial charge in [0.05, 0.1) is 6.61 Å². The lowest BCUT2D eigenvalue weighted by Crippen LogP contribution is -2.12. The first-order valence-corrected chi connectivity index (χ1v) is 7.28. The van der Waals surface area contributed by atoms with E-state index in [1.807, 2.05) is 37.4 Å². The molecule has 5 heteroatoms. The number of hydrogen-bond acceptors (Lipinski definition) is 3. The third-order valence-electron chi connectivity index (χ3n) is 3.91. The highest BCUT2D eigenvalue weighted by Gasteiger charge is 2.19. The fourth-order valence-corrected chi connectivity index (χ4v) is 2.85. The molecule has 110 valence electrons. The Hall–Kier alpha value is -2.82. The summed E-state index contributed by atoms with van der Waals surface area (Å²) in [5, 5.41) is 3.88. The topological polar surface area (TPSA) is 67.0 Å². The van der Waals surface area contributed by atoms with E-state index in [-0.39, 0.29) is 5.91 Å². The number of carbonyl (C=O) groups is 1.